The molecule has 0 unspecified atom stereocenters. The van der Waals surface area contributed by atoms with Crippen LogP contribution in [0.5, 0.6) is 0 Å². The Kier molecular flexibility index (Phi) is 6.80. The van der Waals surface area contributed by atoms with Gasteiger partial charge in [0.25, 0.3) is 0 Å². The largest absolute Gasteiger partial charge is 0.460 e. The van der Waals surface area contributed by atoms with Crippen LogP contribution in [0.25, 0.3) is 0 Å². The summed E-state index contributed by atoms with van der Waals surface area (Å²) >= 11 is 0. The summed E-state index contributed by atoms with van der Waals surface area (Å²) in [6.45, 7) is 11.4. The SMILES string of the molecule is C[C@@H]1CCCN1CCCOCCC(=O)OC(C)(C)C. The monoisotopic (exact) mass is 271 g/mol. The van der Waals surface area contributed by atoms with E-state index in [2.05, 4.69) is 11.8 Å². The summed E-state index contributed by atoms with van der Waals surface area (Å²) in [5, 5.41) is 0. The molecule has 0 radical (unpaired) electrons. The van der Waals surface area contributed by atoms with Gasteiger partial charge in [0.2, 0.25) is 0 Å². The molecule has 0 aromatic carbocycles. The van der Waals surface area contributed by atoms with Crippen molar-refractivity contribution in [3.63, 3.8) is 0 Å². The lowest BCUT2D eigenvalue weighted by molar-refractivity contribution is -0.156. The predicted molar refractivity (Wildman–Crippen MR) is 76.2 cm³/mol. The minimum absolute atomic E-state index is 0.180. The first-order chi connectivity index (χ1) is 8.88. The van der Waals surface area contributed by atoms with Gasteiger partial charge in [0.1, 0.15) is 5.60 Å². The first-order valence-corrected chi connectivity index (χ1v) is 7.42. The molecule has 0 aromatic rings. The molecule has 4 heteroatoms. The number of hydrogen-bond acceptors (Lipinski definition) is 4. The quantitative estimate of drug-likeness (QED) is 0.527. The van der Waals surface area contributed by atoms with E-state index in [0.717, 1.165) is 25.6 Å². The third kappa shape index (κ3) is 7.53. The highest BCUT2D eigenvalue weighted by Gasteiger charge is 2.19. The van der Waals surface area contributed by atoms with Crippen molar-refractivity contribution in [2.24, 2.45) is 0 Å². The van der Waals surface area contributed by atoms with Crippen LogP contribution in [-0.4, -0.2) is 48.8 Å². The van der Waals surface area contributed by atoms with Crippen molar-refractivity contribution >= 4 is 5.97 Å². The van der Waals surface area contributed by atoms with E-state index in [1.807, 2.05) is 20.8 Å². The maximum absolute atomic E-state index is 11.4. The van der Waals surface area contributed by atoms with Crippen LogP contribution in [0.3, 0.4) is 0 Å². The number of hydrogen-bond donors (Lipinski definition) is 0. The fourth-order valence-electron chi connectivity index (χ4n) is 2.34. The van der Waals surface area contributed by atoms with Gasteiger partial charge in [-0.05, 0) is 53.5 Å². The van der Waals surface area contributed by atoms with Crippen LogP contribution >= 0.6 is 0 Å². The summed E-state index contributed by atoms with van der Waals surface area (Å²) in [5.74, 6) is -0.180. The zero-order valence-corrected chi connectivity index (χ0v) is 12.9. The molecule has 0 N–H and O–H groups in total. The molecule has 1 aliphatic heterocycles. The molecule has 0 saturated carbocycles. The second kappa shape index (κ2) is 7.85. The fourth-order valence-corrected chi connectivity index (χ4v) is 2.34. The Labute approximate surface area is 117 Å². The Morgan fingerprint density at radius 1 is 1.32 bits per heavy atom. The van der Waals surface area contributed by atoms with Crippen LogP contribution in [0.2, 0.25) is 0 Å². The molecule has 19 heavy (non-hydrogen) atoms. The van der Waals surface area contributed by atoms with Crippen LogP contribution < -0.4 is 0 Å². The minimum Gasteiger partial charge on any atom is -0.460 e. The van der Waals surface area contributed by atoms with Gasteiger partial charge in [0.05, 0.1) is 13.0 Å². The van der Waals surface area contributed by atoms with Crippen molar-refractivity contribution in [1.29, 1.82) is 0 Å². The molecule has 1 aliphatic rings. The van der Waals surface area contributed by atoms with E-state index in [-0.39, 0.29) is 5.97 Å². The van der Waals surface area contributed by atoms with Gasteiger partial charge >= 0.3 is 5.97 Å². The van der Waals surface area contributed by atoms with Crippen molar-refractivity contribution in [2.45, 2.75) is 65.0 Å². The predicted octanol–water partition coefficient (Wildman–Crippen LogP) is 2.61. The Bertz CT molecular complexity index is 273. The van der Waals surface area contributed by atoms with Crippen molar-refractivity contribution in [2.75, 3.05) is 26.3 Å². The molecule has 4 nitrogen and oxygen atoms in total. The summed E-state index contributed by atoms with van der Waals surface area (Å²) in [7, 11) is 0. The van der Waals surface area contributed by atoms with Crippen LogP contribution in [0.15, 0.2) is 0 Å². The number of nitrogens with zero attached hydrogens (tertiary/aromatic N) is 1. The van der Waals surface area contributed by atoms with E-state index in [0.29, 0.717) is 13.0 Å². The molecule has 0 aliphatic carbocycles. The summed E-state index contributed by atoms with van der Waals surface area (Å²) in [5.41, 5.74) is -0.400. The molecule has 1 atom stereocenters. The number of rotatable bonds is 7. The smallest absolute Gasteiger partial charge is 0.308 e. The van der Waals surface area contributed by atoms with Gasteiger partial charge in [0, 0.05) is 19.2 Å². The number of carbonyl (C=O) groups is 1. The highest BCUT2D eigenvalue weighted by atomic mass is 16.6. The van der Waals surface area contributed by atoms with Crippen molar-refractivity contribution in [1.82, 2.24) is 4.90 Å². The molecular weight excluding hydrogens is 242 g/mol. The zero-order chi connectivity index (χ0) is 14.3. The minimum atomic E-state index is -0.400. The fraction of sp³-hybridized carbons (Fsp3) is 0.933. The van der Waals surface area contributed by atoms with Crippen LogP contribution in [0, 0.1) is 0 Å². The second-order valence-electron chi connectivity index (χ2n) is 6.33. The van der Waals surface area contributed by atoms with E-state index in [4.69, 9.17) is 9.47 Å². The zero-order valence-electron chi connectivity index (χ0n) is 12.9. The van der Waals surface area contributed by atoms with Crippen molar-refractivity contribution < 1.29 is 14.3 Å². The van der Waals surface area contributed by atoms with E-state index in [9.17, 15) is 4.79 Å². The standard InChI is InChI=1S/C15H29NO3/c1-13-7-5-9-16(13)10-6-11-18-12-8-14(17)19-15(2,3)4/h13H,5-12H2,1-4H3/t13-/m1/s1. The van der Waals surface area contributed by atoms with E-state index in [1.165, 1.54) is 19.4 Å². The number of carbonyl (C=O) groups excluding carboxylic acids is 1. The van der Waals surface area contributed by atoms with Gasteiger partial charge in [0.15, 0.2) is 0 Å². The van der Waals surface area contributed by atoms with Crippen molar-refractivity contribution in [3.05, 3.63) is 0 Å². The van der Waals surface area contributed by atoms with Gasteiger partial charge in [-0.3, -0.25) is 4.79 Å². The van der Waals surface area contributed by atoms with Gasteiger partial charge in [-0.15, -0.1) is 0 Å². The molecule has 1 saturated heterocycles. The van der Waals surface area contributed by atoms with Crippen LogP contribution in [0.1, 0.15) is 53.4 Å². The van der Waals surface area contributed by atoms with Crippen LogP contribution in [-0.2, 0) is 14.3 Å². The van der Waals surface area contributed by atoms with E-state index >= 15 is 0 Å². The highest BCUT2D eigenvalue weighted by molar-refractivity contribution is 5.69. The number of esters is 1. The van der Waals surface area contributed by atoms with E-state index in [1.54, 1.807) is 0 Å². The van der Waals surface area contributed by atoms with Gasteiger partial charge in [-0.1, -0.05) is 0 Å². The van der Waals surface area contributed by atoms with E-state index < -0.39 is 5.60 Å². The Balaban J connectivity index is 1.95. The summed E-state index contributed by atoms with van der Waals surface area (Å²) < 4.78 is 10.7. The lowest BCUT2D eigenvalue weighted by Gasteiger charge is -2.21. The third-order valence-electron chi connectivity index (χ3n) is 3.30. The lowest BCUT2D eigenvalue weighted by atomic mass is 10.2. The average Bonchev–Trinajstić information content (AvgIpc) is 2.67. The average molecular weight is 271 g/mol. The maximum atomic E-state index is 11.4. The molecule has 1 fully saturated rings. The van der Waals surface area contributed by atoms with Crippen LogP contribution in [0.4, 0.5) is 0 Å². The molecule has 1 heterocycles. The lowest BCUT2D eigenvalue weighted by Crippen LogP contribution is -2.28. The molecular formula is C15H29NO3. The van der Waals surface area contributed by atoms with Gasteiger partial charge < -0.3 is 14.4 Å². The summed E-state index contributed by atoms with van der Waals surface area (Å²) in [6.07, 6.45) is 4.02. The Morgan fingerprint density at radius 2 is 2.05 bits per heavy atom. The maximum Gasteiger partial charge on any atom is 0.308 e. The Morgan fingerprint density at radius 3 is 2.63 bits per heavy atom. The van der Waals surface area contributed by atoms with Crippen molar-refractivity contribution in [3.8, 4) is 0 Å². The highest BCUT2D eigenvalue weighted by Crippen LogP contribution is 2.16. The Hall–Kier alpha value is -0.610. The van der Waals surface area contributed by atoms with Gasteiger partial charge in [-0.2, -0.15) is 0 Å². The topological polar surface area (TPSA) is 38.8 Å². The number of likely N-dealkylation sites (tertiary alicyclic amines) is 1. The molecule has 0 aromatic heterocycles. The first-order valence-electron chi connectivity index (χ1n) is 7.42. The number of ether oxygens (including phenoxy) is 2. The molecule has 112 valence electrons. The summed E-state index contributed by atoms with van der Waals surface area (Å²) in [6, 6.07) is 0.724. The summed E-state index contributed by atoms with van der Waals surface area (Å²) in [4.78, 5) is 13.9. The van der Waals surface area contributed by atoms with Gasteiger partial charge in [-0.25, -0.2) is 0 Å². The molecule has 0 spiro atoms. The first kappa shape index (κ1) is 16.4. The normalized spacial score (nSPS) is 20.7. The third-order valence-corrected chi connectivity index (χ3v) is 3.30. The second-order valence-corrected chi connectivity index (χ2v) is 6.33. The molecule has 0 bridgehead atoms. The molecule has 1 rings (SSSR count). The molecule has 0 amide bonds.